The van der Waals surface area contributed by atoms with Crippen molar-refractivity contribution in [1.82, 2.24) is 9.97 Å². The number of carboxylic acids is 1. The molecule has 0 unspecified atom stereocenters. The average Bonchev–Trinajstić information content (AvgIpc) is 2.16. The van der Waals surface area contributed by atoms with Crippen molar-refractivity contribution < 1.29 is 9.90 Å². The summed E-state index contributed by atoms with van der Waals surface area (Å²) in [6.07, 6.45) is 1.17. The molecule has 1 aromatic rings. The Labute approximate surface area is 84.5 Å². The Hall–Kier alpha value is -1.76. The smallest absolute Gasteiger partial charge is 0.339 e. The van der Waals surface area contributed by atoms with Crippen molar-refractivity contribution in [2.24, 2.45) is 10.9 Å². The summed E-state index contributed by atoms with van der Waals surface area (Å²) in [6.45, 7) is 1.58. The number of aromatic carboxylic acids is 1. The van der Waals surface area contributed by atoms with Crippen LogP contribution in [0.15, 0.2) is 11.3 Å². The molecule has 0 aliphatic carbocycles. The Balaban J connectivity index is 3.45. The van der Waals surface area contributed by atoms with Crippen molar-refractivity contribution in [2.45, 2.75) is 6.92 Å². The van der Waals surface area contributed by atoms with Crippen molar-refractivity contribution in [1.29, 1.82) is 0 Å². The number of H-pyrrole nitrogens is 1. The summed E-state index contributed by atoms with van der Waals surface area (Å²) in [7, 11) is 0. The number of aromatic nitrogens is 2. The highest BCUT2D eigenvalue weighted by molar-refractivity contribution is 7.71. The summed E-state index contributed by atoms with van der Waals surface area (Å²) in [5.41, 5.74) is 0.626. The van der Waals surface area contributed by atoms with Gasteiger partial charge >= 0.3 is 5.97 Å². The van der Waals surface area contributed by atoms with Gasteiger partial charge in [-0.25, -0.2) is 9.78 Å². The zero-order chi connectivity index (χ0) is 10.7. The summed E-state index contributed by atoms with van der Waals surface area (Å²) in [4.78, 5) is 17.0. The molecule has 0 radical (unpaired) electrons. The van der Waals surface area contributed by atoms with Crippen LogP contribution in [-0.2, 0) is 0 Å². The third kappa shape index (κ3) is 1.94. The van der Waals surface area contributed by atoms with Crippen LogP contribution >= 0.6 is 12.2 Å². The molecule has 74 valence electrons. The van der Waals surface area contributed by atoms with Gasteiger partial charge < -0.3 is 15.9 Å². The van der Waals surface area contributed by atoms with E-state index in [0.717, 1.165) is 0 Å². The maximum Gasteiger partial charge on any atom is 0.339 e. The summed E-state index contributed by atoms with van der Waals surface area (Å²) in [5.74, 6) is 3.93. The van der Waals surface area contributed by atoms with Gasteiger partial charge in [-0.15, -0.1) is 0 Å². The van der Waals surface area contributed by atoms with Gasteiger partial charge in [-0.05, 0) is 19.1 Å². The van der Waals surface area contributed by atoms with E-state index in [0.29, 0.717) is 5.71 Å². The van der Waals surface area contributed by atoms with Gasteiger partial charge in [0.2, 0.25) is 0 Å². The molecule has 0 aliphatic heterocycles. The first-order chi connectivity index (χ1) is 6.56. The molecule has 0 saturated heterocycles. The van der Waals surface area contributed by atoms with E-state index in [-0.39, 0.29) is 16.0 Å². The van der Waals surface area contributed by atoms with E-state index in [9.17, 15) is 4.79 Å². The molecule has 0 fully saturated rings. The number of hydrogen-bond donors (Lipinski definition) is 3. The maximum atomic E-state index is 10.8. The second kappa shape index (κ2) is 3.97. The van der Waals surface area contributed by atoms with Gasteiger partial charge in [-0.3, -0.25) is 0 Å². The number of aromatic amines is 1. The van der Waals surface area contributed by atoms with Crippen LogP contribution in [0.5, 0.6) is 0 Å². The van der Waals surface area contributed by atoms with Crippen LogP contribution in [0.4, 0.5) is 0 Å². The standard InChI is InChI=1S/C7H8N4O2S/c1-3(11-8)5-4(6(12)13)2-9-7(14)10-5/h2H,8H2,1H3,(H,12,13)(H,9,10,14). The highest BCUT2D eigenvalue weighted by atomic mass is 32.1. The van der Waals surface area contributed by atoms with Gasteiger partial charge in [-0.2, -0.15) is 5.10 Å². The number of nitrogens with one attached hydrogen (secondary N) is 1. The Kier molecular flexibility index (Phi) is 2.92. The van der Waals surface area contributed by atoms with Crippen molar-refractivity contribution in [2.75, 3.05) is 0 Å². The fraction of sp³-hybridized carbons (Fsp3) is 0.143. The van der Waals surface area contributed by atoms with Gasteiger partial charge in [0.25, 0.3) is 0 Å². The minimum atomic E-state index is -1.11. The molecule has 0 saturated carbocycles. The fourth-order valence-corrected chi connectivity index (χ4v) is 1.06. The summed E-state index contributed by atoms with van der Waals surface area (Å²) in [6, 6.07) is 0. The van der Waals surface area contributed by atoms with E-state index in [1.54, 1.807) is 6.92 Å². The summed E-state index contributed by atoms with van der Waals surface area (Å²) >= 11 is 4.76. The molecule has 6 nitrogen and oxygen atoms in total. The number of carboxylic acid groups (broad SMARTS) is 1. The number of hydrogen-bond acceptors (Lipinski definition) is 5. The highest BCUT2D eigenvalue weighted by Gasteiger charge is 2.12. The zero-order valence-corrected chi connectivity index (χ0v) is 8.13. The molecule has 7 heteroatoms. The predicted octanol–water partition coefficient (Wildman–Crippen LogP) is 0.520. The van der Waals surface area contributed by atoms with Gasteiger partial charge in [0.15, 0.2) is 4.77 Å². The Morgan fingerprint density at radius 1 is 1.79 bits per heavy atom. The zero-order valence-electron chi connectivity index (χ0n) is 7.31. The Morgan fingerprint density at radius 3 is 2.93 bits per heavy atom. The van der Waals surface area contributed by atoms with Crippen molar-refractivity contribution >= 4 is 23.9 Å². The normalized spacial score (nSPS) is 11.4. The Morgan fingerprint density at radius 2 is 2.43 bits per heavy atom. The molecular weight excluding hydrogens is 204 g/mol. The van der Waals surface area contributed by atoms with Crippen molar-refractivity contribution in [3.05, 3.63) is 22.2 Å². The molecule has 0 aromatic carbocycles. The molecule has 0 spiro atoms. The van der Waals surface area contributed by atoms with Crippen LogP contribution in [0.3, 0.4) is 0 Å². The predicted molar refractivity (Wildman–Crippen MR) is 52.8 cm³/mol. The largest absolute Gasteiger partial charge is 0.478 e. The molecule has 0 bridgehead atoms. The van der Waals surface area contributed by atoms with Gasteiger partial charge in [0.05, 0.1) is 11.4 Å². The average molecular weight is 212 g/mol. The third-order valence-electron chi connectivity index (χ3n) is 1.60. The van der Waals surface area contributed by atoms with Crippen LogP contribution in [0, 0.1) is 4.77 Å². The van der Waals surface area contributed by atoms with E-state index in [1.165, 1.54) is 6.20 Å². The molecule has 0 aliphatic rings. The van der Waals surface area contributed by atoms with Gasteiger partial charge in [0.1, 0.15) is 5.56 Å². The molecule has 1 aromatic heterocycles. The molecule has 0 atom stereocenters. The SMILES string of the molecule is CC(=NN)c1[nH]c(=S)ncc1C(=O)O. The fourth-order valence-electron chi connectivity index (χ4n) is 0.906. The van der Waals surface area contributed by atoms with Crippen LogP contribution in [0.1, 0.15) is 23.0 Å². The number of nitrogens with two attached hydrogens (primary N) is 1. The number of rotatable bonds is 2. The van der Waals surface area contributed by atoms with E-state index in [1.807, 2.05) is 0 Å². The monoisotopic (exact) mass is 212 g/mol. The topological polar surface area (TPSA) is 104 Å². The molecule has 14 heavy (non-hydrogen) atoms. The lowest BCUT2D eigenvalue weighted by atomic mass is 10.2. The first kappa shape index (κ1) is 10.3. The highest BCUT2D eigenvalue weighted by Crippen LogP contribution is 2.05. The van der Waals surface area contributed by atoms with Crippen LogP contribution in [0.25, 0.3) is 0 Å². The van der Waals surface area contributed by atoms with Crippen LogP contribution < -0.4 is 5.84 Å². The van der Waals surface area contributed by atoms with Gasteiger partial charge in [-0.1, -0.05) is 0 Å². The van der Waals surface area contributed by atoms with Crippen molar-refractivity contribution in [3.63, 3.8) is 0 Å². The second-order valence-corrected chi connectivity index (χ2v) is 2.88. The van der Waals surface area contributed by atoms with E-state index >= 15 is 0 Å². The van der Waals surface area contributed by atoms with E-state index in [4.69, 9.17) is 23.2 Å². The van der Waals surface area contributed by atoms with E-state index in [2.05, 4.69) is 15.1 Å². The van der Waals surface area contributed by atoms with Crippen LogP contribution in [0.2, 0.25) is 0 Å². The second-order valence-electron chi connectivity index (χ2n) is 2.50. The van der Waals surface area contributed by atoms with Gasteiger partial charge in [0, 0.05) is 6.20 Å². The molecular formula is C7H8N4O2S. The number of hydrazone groups is 1. The molecule has 1 heterocycles. The lowest BCUT2D eigenvalue weighted by molar-refractivity contribution is 0.0695. The number of nitrogens with zero attached hydrogens (tertiary/aromatic N) is 2. The quantitative estimate of drug-likeness (QED) is 0.287. The third-order valence-corrected chi connectivity index (χ3v) is 1.81. The molecule has 1 rings (SSSR count). The lowest BCUT2D eigenvalue weighted by Crippen LogP contribution is -2.11. The summed E-state index contributed by atoms with van der Waals surface area (Å²) in [5, 5.41) is 12.2. The molecule has 4 N–H and O–H groups in total. The molecule has 0 amide bonds. The van der Waals surface area contributed by atoms with Crippen molar-refractivity contribution in [3.8, 4) is 0 Å². The first-order valence-corrected chi connectivity index (χ1v) is 4.04. The lowest BCUT2D eigenvalue weighted by Gasteiger charge is -2.03. The minimum absolute atomic E-state index is 0.00898. The minimum Gasteiger partial charge on any atom is -0.478 e. The maximum absolute atomic E-state index is 10.8. The summed E-state index contributed by atoms with van der Waals surface area (Å²) < 4.78 is 0.188. The van der Waals surface area contributed by atoms with E-state index < -0.39 is 5.97 Å². The van der Waals surface area contributed by atoms with Crippen LogP contribution in [-0.4, -0.2) is 26.8 Å². The first-order valence-electron chi connectivity index (χ1n) is 3.63. The Bertz CT molecular complexity index is 451. The number of carbonyl (C=O) groups is 1.